The molecule has 0 aliphatic carbocycles. The van der Waals surface area contributed by atoms with Crippen molar-refractivity contribution in [1.29, 1.82) is 0 Å². The molecule has 0 spiro atoms. The number of Topliss-reactive ketones (excluding diaryl/α,β-unsaturated/α-hetero) is 1. The lowest BCUT2D eigenvalue weighted by molar-refractivity contribution is 0.0769. The zero-order valence-corrected chi connectivity index (χ0v) is 12.3. The van der Waals surface area contributed by atoms with Crippen LogP contribution >= 0.6 is 0 Å². The Morgan fingerprint density at radius 1 is 1.19 bits per heavy atom. The quantitative estimate of drug-likeness (QED) is 0.791. The SMILES string of the molecule is CN1C2CCC1CC(C(=O)c1cccc3ccncc13)C2. The Kier molecular flexibility index (Phi) is 3.03. The summed E-state index contributed by atoms with van der Waals surface area (Å²) in [5, 5.41) is 2.10. The Hall–Kier alpha value is -1.74. The van der Waals surface area contributed by atoms with Crippen molar-refractivity contribution in [3.8, 4) is 0 Å². The van der Waals surface area contributed by atoms with E-state index < -0.39 is 0 Å². The first-order valence-electron chi connectivity index (χ1n) is 7.83. The molecule has 3 nitrogen and oxygen atoms in total. The first-order valence-corrected chi connectivity index (χ1v) is 7.83. The van der Waals surface area contributed by atoms with Crippen molar-refractivity contribution in [3.63, 3.8) is 0 Å². The van der Waals surface area contributed by atoms with E-state index in [9.17, 15) is 4.79 Å². The monoisotopic (exact) mass is 280 g/mol. The van der Waals surface area contributed by atoms with Crippen LogP contribution in [0.4, 0.5) is 0 Å². The molecule has 2 aliphatic rings. The van der Waals surface area contributed by atoms with Gasteiger partial charge in [-0.15, -0.1) is 0 Å². The summed E-state index contributed by atoms with van der Waals surface area (Å²) in [4.78, 5) is 19.7. The van der Waals surface area contributed by atoms with Gasteiger partial charge in [0.15, 0.2) is 5.78 Å². The number of rotatable bonds is 2. The molecule has 0 saturated carbocycles. The summed E-state index contributed by atoms with van der Waals surface area (Å²) in [5.74, 6) is 0.503. The topological polar surface area (TPSA) is 33.2 Å². The number of fused-ring (bicyclic) bond motifs is 3. The number of hydrogen-bond acceptors (Lipinski definition) is 3. The molecule has 2 aliphatic heterocycles. The van der Waals surface area contributed by atoms with E-state index in [0.717, 1.165) is 29.2 Å². The molecule has 2 aromatic rings. The molecule has 2 saturated heterocycles. The molecular weight excluding hydrogens is 260 g/mol. The van der Waals surface area contributed by atoms with Gasteiger partial charge in [0.05, 0.1) is 0 Å². The molecule has 21 heavy (non-hydrogen) atoms. The maximum atomic E-state index is 13.0. The average molecular weight is 280 g/mol. The molecule has 3 heterocycles. The van der Waals surface area contributed by atoms with Crippen LogP contribution in [0.5, 0.6) is 0 Å². The highest BCUT2D eigenvalue weighted by molar-refractivity contribution is 6.08. The van der Waals surface area contributed by atoms with Crippen LogP contribution < -0.4 is 0 Å². The predicted octanol–water partition coefficient (Wildman–Crippen LogP) is 3.29. The molecule has 1 aromatic carbocycles. The third-order valence-electron chi connectivity index (χ3n) is 5.42. The second-order valence-electron chi connectivity index (χ2n) is 6.49. The van der Waals surface area contributed by atoms with Crippen LogP contribution in [0.2, 0.25) is 0 Å². The molecule has 2 bridgehead atoms. The van der Waals surface area contributed by atoms with Gasteiger partial charge in [0.2, 0.25) is 0 Å². The number of nitrogens with zero attached hydrogens (tertiary/aromatic N) is 2. The number of benzene rings is 1. The maximum Gasteiger partial charge on any atom is 0.166 e. The molecule has 108 valence electrons. The van der Waals surface area contributed by atoms with E-state index in [1.54, 1.807) is 6.20 Å². The van der Waals surface area contributed by atoms with Gasteiger partial charge in [-0.2, -0.15) is 0 Å². The number of piperidine rings is 1. The van der Waals surface area contributed by atoms with Crippen molar-refractivity contribution in [2.75, 3.05) is 7.05 Å². The van der Waals surface area contributed by atoms with E-state index in [1.165, 1.54) is 12.8 Å². The van der Waals surface area contributed by atoms with Gasteiger partial charge in [0.1, 0.15) is 0 Å². The summed E-state index contributed by atoms with van der Waals surface area (Å²) in [6.45, 7) is 0. The zero-order valence-electron chi connectivity index (χ0n) is 12.3. The Morgan fingerprint density at radius 3 is 2.71 bits per heavy atom. The third-order valence-corrected chi connectivity index (χ3v) is 5.42. The first kappa shape index (κ1) is 13.0. The van der Waals surface area contributed by atoms with Crippen molar-refractivity contribution in [3.05, 3.63) is 42.2 Å². The fourth-order valence-corrected chi connectivity index (χ4v) is 4.17. The minimum absolute atomic E-state index is 0.185. The van der Waals surface area contributed by atoms with Gasteiger partial charge in [-0.1, -0.05) is 18.2 Å². The van der Waals surface area contributed by atoms with Crippen LogP contribution in [0.15, 0.2) is 36.7 Å². The first-order chi connectivity index (χ1) is 10.2. The fraction of sp³-hybridized carbons (Fsp3) is 0.444. The highest BCUT2D eigenvalue weighted by Crippen LogP contribution is 2.39. The van der Waals surface area contributed by atoms with Crippen LogP contribution in [0, 0.1) is 5.92 Å². The molecule has 1 aromatic heterocycles. The summed E-state index contributed by atoms with van der Waals surface area (Å²) >= 11 is 0. The van der Waals surface area contributed by atoms with E-state index in [0.29, 0.717) is 17.9 Å². The lowest BCUT2D eigenvalue weighted by atomic mass is 9.84. The van der Waals surface area contributed by atoms with Crippen molar-refractivity contribution in [2.24, 2.45) is 5.92 Å². The zero-order chi connectivity index (χ0) is 14.4. The van der Waals surface area contributed by atoms with E-state index in [2.05, 4.69) is 16.9 Å². The van der Waals surface area contributed by atoms with Crippen LogP contribution in [0.3, 0.4) is 0 Å². The Morgan fingerprint density at radius 2 is 1.95 bits per heavy atom. The van der Waals surface area contributed by atoms with Gasteiger partial charge in [-0.05, 0) is 44.2 Å². The van der Waals surface area contributed by atoms with E-state index >= 15 is 0 Å². The standard InChI is InChI=1S/C18H20N2O/c1-20-14-5-6-15(20)10-13(9-14)18(21)16-4-2-3-12-7-8-19-11-17(12)16/h2-4,7-8,11,13-15H,5-6,9-10H2,1H3. The van der Waals surface area contributed by atoms with Crippen molar-refractivity contribution < 1.29 is 4.79 Å². The molecule has 0 radical (unpaired) electrons. The minimum Gasteiger partial charge on any atom is -0.300 e. The highest BCUT2D eigenvalue weighted by atomic mass is 16.1. The molecule has 3 heteroatoms. The van der Waals surface area contributed by atoms with E-state index in [4.69, 9.17) is 0 Å². The average Bonchev–Trinajstić information content (AvgIpc) is 2.75. The van der Waals surface area contributed by atoms with Gasteiger partial charge < -0.3 is 4.90 Å². The molecule has 0 N–H and O–H groups in total. The number of carbonyl (C=O) groups excluding carboxylic acids is 1. The van der Waals surface area contributed by atoms with Crippen molar-refractivity contribution >= 4 is 16.6 Å². The third kappa shape index (κ3) is 2.07. The molecule has 2 atom stereocenters. The smallest absolute Gasteiger partial charge is 0.166 e. The number of ketones is 1. The largest absolute Gasteiger partial charge is 0.300 e. The molecule has 2 unspecified atom stereocenters. The van der Waals surface area contributed by atoms with Crippen molar-refractivity contribution in [1.82, 2.24) is 9.88 Å². The van der Waals surface area contributed by atoms with Gasteiger partial charge in [-0.3, -0.25) is 9.78 Å². The van der Waals surface area contributed by atoms with Crippen LogP contribution in [0.25, 0.3) is 10.8 Å². The van der Waals surface area contributed by atoms with Gasteiger partial charge in [0, 0.05) is 41.3 Å². The lowest BCUT2D eigenvalue weighted by Crippen LogP contribution is -2.42. The Bertz CT molecular complexity index is 677. The van der Waals surface area contributed by atoms with Gasteiger partial charge in [0.25, 0.3) is 0 Å². The van der Waals surface area contributed by atoms with Crippen LogP contribution in [0.1, 0.15) is 36.0 Å². The number of carbonyl (C=O) groups is 1. The highest BCUT2D eigenvalue weighted by Gasteiger charge is 2.41. The number of pyridine rings is 1. The van der Waals surface area contributed by atoms with E-state index in [1.807, 2.05) is 30.5 Å². The van der Waals surface area contributed by atoms with Gasteiger partial charge >= 0.3 is 0 Å². The molecular formula is C18H20N2O. The normalized spacial score (nSPS) is 28.9. The van der Waals surface area contributed by atoms with E-state index in [-0.39, 0.29) is 5.92 Å². The number of hydrogen-bond donors (Lipinski definition) is 0. The molecule has 4 rings (SSSR count). The number of aromatic nitrogens is 1. The summed E-state index contributed by atoms with van der Waals surface area (Å²) in [5.41, 5.74) is 0.856. The van der Waals surface area contributed by atoms with Gasteiger partial charge in [-0.25, -0.2) is 0 Å². The van der Waals surface area contributed by atoms with Crippen LogP contribution in [-0.4, -0.2) is 34.8 Å². The Balaban J connectivity index is 1.68. The second kappa shape index (κ2) is 4.92. The fourth-order valence-electron chi connectivity index (χ4n) is 4.17. The minimum atomic E-state index is 0.185. The summed E-state index contributed by atoms with van der Waals surface area (Å²) < 4.78 is 0. The summed E-state index contributed by atoms with van der Waals surface area (Å²) in [6.07, 6.45) is 8.15. The van der Waals surface area contributed by atoms with Crippen LogP contribution in [-0.2, 0) is 0 Å². The van der Waals surface area contributed by atoms with Crippen molar-refractivity contribution in [2.45, 2.75) is 37.8 Å². The molecule has 0 amide bonds. The second-order valence-corrected chi connectivity index (χ2v) is 6.49. The summed E-state index contributed by atoms with van der Waals surface area (Å²) in [6, 6.07) is 9.18. The summed E-state index contributed by atoms with van der Waals surface area (Å²) in [7, 11) is 2.21. The lowest BCUT2D eigenvalue weighted by Gasteiger charge is -2.35. The Labute approximate surface area is 125 Å². The molecule has 2 fully saturated rings. The maximum absolute atomic E-state index is 13.0. The predicted molar refractivity (Wildman–Crippen MR) is 83.4 cm³/mol.